The van der Waals surface area contributed by atoms with Gasteiger partial charge in [0.1, 0.15) is 5.82 Å². The molecule has 1 N–H and O–H groups in total. The predicted octanol–water partition coefficient (Wildman–Crippen LogP) is 2.95. The SMILES string of the molecule is CCC(C)NC(=O)C1CCN(Cc2ccccc2F)CC1. The van der Waals surface area contributed by atoms with Crippen LogP contribution in [0.1, 0.15) is 38.7 Å². The van der Waals surface area contributed by atoms with Gasteiger partial charge in [-0.2, -0.15) is 0 Å². The molecule has 1 aromatic carbocycles. The van der Waals surface area contributed by atoms with Crippen LogP contribution in [0.5, 0.6) is 0 Å². The number of rotatable bonds is 5. The molecule has 116 valence electrons. The molecule has 4 heteroatoms. The van der Waals surface area contributed by atoms with E-state index in [-0.39, 0.29) is 23.7 Å². The van der Waals surface area contributed by atoms with Crippen LogP contribution in [0.4, 0.5) is 4.39 Å². The van der Waals surface area contributed by atoms with Crippen LogP contribution in [-0.2, 0) is 11.3 Å². The van der Waals surface area contributed by atoms with E-state index in [0.29, 0.717) is 6.54 Å². The fourth-order valence-corrected chi connectivity index (χ4v) is 2.68. The lowest BCUT2D eigenvalue weighted by atomic mass is 9.95. The first-order valence-corrected chi connectivity index (χ1v) is 7.86. The van der Waals surface area contributed by atoms with E-state index in [1.807, 2.05) is 19.1 Å². The Balaban J connectivity index is 1.81. The summed E-state index contributed by atoms with van der Waals surface area (Å²) in [4.78, 5) is 14.3. The third-order valence-corrected chi connectivity index (χ3v) is 4.31. The standard InChI is InChI=1S/C17H25FN2O/c1-3-13(2)19-17(21)14-8-10-20(11-9-14)12-15-6-4-5-7-16(15)18/h4-7,13-14H,3,8-12H2,1-2H3,(H,19,21). The average molecular weight is 292 g/mol. The van der Waals surface area contributed by atoms with E-state index in [1.165, 1.54) is 6.07 Å². The van der Waals surface area contributed by atoms with E-state index in [1.54, 1.807) is 6.07 Å². The third kappa shape index (κ3) is 4.53. The minimum absolute atomic E-state index is 0.107. The molecular weight excluding hydrogens is 267 g/mol. The van der Waals surface area contributed by atoms with Crippen molar-refractivity contribution in [2.75, 3.05) is 13.1 Å². The molecule has 3 nitrogen and oxygen atoms in total. The van der Waals surface area contributed by atoms with Gasteiger partial charge in [0.15, 0.2) is 0 Å². The van der Waals surface area contributed by atoms with Gasteiger partial charge < -0.3 is 5.32 Å². The fourth-order valence-electron chi connectivity index (χ4n) is 2.68. The smallest absolute Gasteiger partial charge is 0.223 e. The van der Waals surface area contributed by atoms with Crippen molar-refractivity contribution >= 4 is 5.91 Å². The molecule has 0 spiro atoms. The lowest BCUT2D eigenvalue weighted by Gasteiger charge is -2.31. The molecule has 1 amide bonds. The molecule has 1 heterocycles. The summed E-state index contributed by atoms with van der Waals surface area (Å²) in [5.41, 5.74) is 0.736. The number of hydrogen-bond donors (Lipinski definition) is 1. The van der Waals surface area contributed by atoms with Gasteiger partial charge in [0.2, 0.25) is 5.91 Å². The highest BCUT2D eigenvalue weighted by atomic mass is 19.1. The van der Waals surface area contributed by atoms with Crippen LogP contribution in [0.3, 0.4) is 0 Å². The van der Waals surface area contributed by atoms with Crippen LogP contribution < -0.4 is 5.32 Å². The summed E-state index contributed by atoms with van der Waals surface area (Å²) >= 11 is 0. The Morgan fingerprint density at radius 1 is 1.38 bits per heavy atom. The molecule has 21 heavy (non-hydrogen) atoms. The van der Waals surface area contributed by atoms with E-state index in [9.17, 15) is 9.18 Å². The maximum atomic E-state index is 13.6. The molecule has 0 aliphatic carbocycles. The van der Waals surface area contributed by atoms with Gasteiger partial charge in [-0.05, 0) is 45.3 Å². The monoisotopic (exact) mass is 292 g/mol. The quantitative estimate of drug-likeness (QED) is 0.905. The summed E-state index contributed by atoms with van der Waals surface area (Å²) in [6.07, 6.45) is 2.67. The largest absolute Gasteiger partial charge is 0.353 e. The van der Waals surface area contributed by atoms with E-state index >= 15 is 0 Å². The van der Waals surface area contributed by atoms with Crippen molar-refractivity contribution in [3.63, 3.8) is 0 Å². The third-order valence-electron chi connectivity index (χ3n) is 4.31. The molecule has 0 bridgehead atoms. The molecule has 1 aliphatic heterocycles. The Kier molecular flexibility index (Phi) is 5.74. The second-order valence-corrected chi connectivity index (χ2v) is 5.96. The summed E-state index contributed by atoms with van der Waals surface area (Å²) in [5.74, 6) is 0.139. The lowest BCUT2D eigenvalue weighted by Crippen LogP contribution is -2.42. The summed E-state index contributed by atoms with van der Waals surface area (Å²) in [5, 5.41) is 3.06. The number of nitrogens with zero attached hydrogens (tertiary/aromatic N) is 1. The van der Waals surface area contributed by atoms with Crippen LogP contribution in [0.25, 0.3) is 0 Å². The number of amides is 1. The second-order valence-electron chi connectivity index (χ2n) is 5.96. The van der Waals surface area contributed by atoms with Crippen LogP contribution in [0.2, 0.25) is 0 Å². The molecule has 1 aromatic rings. The van der Waals surface area contributed by atoms with E-state index in [2.05, 4.69) is 17.1 Å². The van der Waals surface area contributed by atoms with Gasteiger partial charge in [-0.3, -0.25) is 9.69 Å². The van der Waals surface area contributed by atoms with Gasteiger partial charge in [0.05, 0.1) is 0 Å². The van der Waals surface area contributed by atoms with Gasteiger partial charge in [-0.1, -0.05) is 25.1 Å². The van der Waals surface area contributed by atoms with Crippen LogP contribution in [0, 0.1) is 11.7 Å². The number of benzene rings is 1. The van der Waals surface area contributed by atoms with Crippen LogP contribution >= 0.6 is 0 Å². The van der Waals surface area contributed by atoms with E-state index in [0.717, 1.165) is 37.9 Å². The molecule has 1 atom stereocenters. The number of halogens is 1. The zero-order valence-corrected chi connectivity index (χ0v) is 12.9. The maximum absolute atomic E-state index is 13.6. The highest BCUT2D eigenvalue weighted by molar-refractivity contribution is 5.79. The number of piperidine rings is 1. The Hall–Kier alpha value is -1.42. The Labute approximate surface area is 126 Å². The number of hydrogen-bond acceptors (Lipinski definition) is 2. The molecule has 0 aromatic heterocycles. The molecule has 1 aliphatic rings. The maximum Gasteiger partial charge on any atom is 0.223 e. The zero-order chi connectivity index (χ0) is 15.2. The average Bonchev–Trinajstić information content (AvgIpc) is 2.50. The normalized spacial score (nSPS) is 18.4. The summed E-state index contributed by atoms with van der Waals surface area (Å²) < 4.78 is 13.6. The number of likely N-dealkylation sites (tertiary alicyclic amines) is 1. The highest BCUT2D eigenvalue weighted by Crippen LogP contribution is 2.20. The number of carbonyl (C=O) groups is 1. The summed E-state index contributed by atoms with van der Waals surface area (Å²) in [6, 6.07) is 7.15. The predicted molar refractivity (Wildman–Crippen MR) is 82.3 cm³/mol. The first-order chi connectivity index (χ1) is 10.1. The van der Waals surface area contributed by atoms with E-state index in [4.69, 9.17) is 0 Å². The Morgan fingerprint density at radius 2 is 2.05 bits per heavy atom. The van der Waals surface area contributed by atoms with Crippen molar-refractivity contribution < 1.29 is 9.18 Å². The van der Waals surface area contributed by atoms with Gasteiger partial charge in [0.25, 0.3) is 0 Å². The molecule has 0 radical (unpaired) electrons. The van der Waals surface area contributed by atoms with Gasteiger partial charge in [-0.15, -0.1) is 0 Å². The second kappa shape index (κ2) is 7.55. The fraction of sp³-hybridized carbons (Fsp3) is 0.588. The molecule has 0 saturated carbocycles. The molecule has 2 rings (SSSR count). The van der Waals surface area contributed by atoms with Crippen molar-refractivity contribution in [3.8, 4) is 0 Å². The van der Waals surface area contributed by atoms with Gasteiger partial charge in [-0.25, -0.2) is 4.39 Å². The van der Waals surface area contributed by atoms with E-state index < -0.39 is 0 Å². The molecule has 1 fully saturated rings. The van der Waals surface area contributed by atoms with Crippen molar-refractivity contribution in [1.29, 1.82) is 0 Å². The minimum atomic E-state index is -0.144. The van der Waals surface area contributed by atoms with Crippen molar-refractivity contribution in [3.05, 3.63) is 35.6 Å². The van der Waals surface area contributed by atoms with Crippen molar-refractivity contribution in [1.82, 2.24) is 10.2 Å². The lowest BCUT2D eigenvalue weighted by molar-refractivity contribution is -0.127. The van der Waals surface area contributed by atoms with Gasteiger partial charge >= 0.3 is 0 Å². The van der Waals surface area contributed by atoms with Crippen molar-refractivity contribution in [2.24, 2.45) is 5.92 Å². The molecule has 1 unspecified atom stereocenters. The first kappa shape index (κ1) is 16.0. The zero-order valence-electron chi connectivity index (χ0n) is 12.9. The highest BCUT2D eigenvalue weighted by Gasteiger charge is 2.25. The number of carbonyl (C=O) groups excluding carboxylic acids is 1. The minimum Gasteiger partial charge on any atom is -0.353 e. The Bertz CT molecular complexity index is 470. The van der Waals surface area contributed by atoms with Crippen LogP contribution in [-0.4, -0.2) is 29.9 Å². The first-order valence-electron chi connectivity index (χ1n) is 7.86. The summed E-state index contributed by atoms with van der Waals surface area (Å²) in [6.45, 7) is 6.44. The Morgan fingerprint density at radius 3 is 2.67 bits per heavy atom. The topological polar surface area (TPSA) is 32.3 Å². The molecular formula is C17H25FN2O. The van der Waals surface area contributed by atoms with Crippen LogP contribution in [0.15, 0.2) is 24.3 Å². The number of nitrogens with one attached hydrogen (secondary N) is 1. The van der Waals surface area contributed by atoms with Gasteiger partial charge in [0, 0.05) is 24.1 Å². The molecule has 1 saturated heterocycles. The summed E-state index contributed by atoms with van der Waals surface area (Å²) in [7, 11) is 0. The van der Waals surface area contributed by atoms with Crippen molar-refractivity contribution in [2.45, 2.75) is 45.7 Å².